The molecule has 36 heavy (non-hydrogen) atoms. The van der Waals surface area contributed by atoms with Crippen LogP contribution >= 0.6 is 0 Å². The Hall–Kier alpha value is -2.96. The minimum Gasteiger partial charge on any atom is -0.587 e. The number of aryl methyl sites for hydroxylation is 1. The number of aromatic nitrogens is 2. The van der Waals surface area contributed by atoms with Gasteiger partial charge in [0.15, 0.2) is 5.82 Å². The first-order chi connectivity index (χ1) is 17.1. The number of nitrogens with one attached hydrogen (secondary N) is 1. The van der Waals surface area contributed by atoms with Gasteiger partial charge in [0.25, 0.3) is 11.5 Å². The lowest BCUT2D eigenvalue weighted by molar-refractivity contribution is -0.137. The van der Waals surface area contributed by atoms with E-state index in [1.165, 1.54) is 6.07 Å². The van der Waals surface area contributed by atoms with E-state index in [1.807, 2.05) is 4.90 Å². The Labute approximate surface area is 208 Å². The molecule has 0 bridgehead atoms. The second-order valence-corrected chi connectivity index (χ2v) is 9.45. The molecule has 1 aliphatic heterocycles. The third-order valence-corrected chi connectivity index (χ3v) is 6.79. The Morgan fingerprint density at radius 3 is 2.36 bits per heavy atom. The molecule has 3 aromatic rings. The topological polar surface area (TPSA) is 67.4 Å². The summed E-state index contributed by atoms with van der Waals surface area (Å²) < 4.78 is 81.8. The number of anilines is 2. The van der Waals surface area contributed by atoms with E-state index >= 15 is 0 Å². The quantitative estimate of drug-likeness (QED) is 0.346. The number of pyridine rings is 2. The zero-order chi connectivity index (χ0) is 25.9. The number of hydrogen-bond acceptors (Lipinski definition) is 6. The standard InChI is InChI=1S/C24H24F5N5OS/c1-16-5-2-3-6-17(16)23-18(24(27,28)29)9-10-20(30-23)32-36(35)22-8-4-7-21(31-22)34-13-11-33(12-14-34)15-19(25)26/h2-10,19H,11-15H2,1H3,(H,30,32). The van der Waals surface area contributed by atoms with Gasteiger partial charge >= 0.3 is 6.18 Å². The number of rotatable bonds is 7. The summed E-state index contributed by atoms with van der Waals surface area (Å²) in [5.41, 5.74) is -0.202. The number of benzene rings is 1. The van der Waals surface area contributed by atoms with E-state index in [0.717, 1.165) is 12.1 Å². The summed E-state index contributed by atoms with van der Waals surface area (Å²) in [5, 5.41) is 0.168. The lowest BCUT2D eigenvalue weighted by atomic mass is 10.0. The van der Waals surface area contributed by atoms with E-state index in [9.17, 15) is 26.5 Å². The summed E-state index contributed by atoms with van der Waals surface area (Å²) in [5.74, 6) is 0.549. The summed E-state index contributed by atoms with van der Waals surface area (Å²) in [6.07, 6.45) is -7.01. The van der Waals surface area contributed by atoms with Crippen molar-refractivity contribution in [1.82, 2.24) is 14.9 Å². The highest BCUT2D eigenvalue weighted by Crippen LogP contribution is 2.38. The van der Waals surface area contributed by atoms with Crippen LogP contribution in [0.5, 0.6) is 0 Å². The zero-order valence-electron chi connectivity index (χ0n) is 19.3. The Kier molecular flexibility index (Phi) is 7.96. The van der Waals surface area contributed by atoms with E-state index in [2.05, 4.69) is 14.7 Å². The number of alkyl halides is 5. The first kappa shape index (κ1) is 26.1. The SMILES string of the molecule is Cc1ccccc1-c1nc(N[S+]([O-])c2cccc(N3CCN(CC(F)F)CC3)n2)ccc1C(F)(F)F. The third kappa shape index (κ3) is 6.23. The average Bonchev–Trinajstić information content (AvgIpc) is 2.84. The maximum atomic E-state index is 13.7. The molecule has 192 valence electrons. The van der Waals surface area contributed by atoms with E-state index in [0.29, 0.717) is 43.1 Å². The van der Waals surface area contributed by atoms with Crippen molar-refractivity contribution in [2.45, 2.75) is 24.6 Å². The fraction of sp³-hybridized carbons (Fsp3) is 0.333. The second kappa shape index (κ2) is 11.0. The predicted molar refractivity (Wildman–Crippen MR) is 128 cm³/mol. The number of piperazine rings is 1. The smallest absolute Gasteiger partial charge is 0.418 e. The largest absolute Gasteiger partial charge is 0.587 e. The molecule has 1 aliphatic rings. The highest BCUT2D eigenvalue weighted by atomic mass is 32.2. The maximum Gasteiger partial charge on any atom is 0.418 e. The Morgan fingerprint density at radius 2 is 1.69 bits per heavy atom. The molecule has 1 aromatic carbocycles. The zero-order valence-corrected chi connectivity index (χ0v) is 20.1. The Bertz CT molecular complexity index is 1190. The molecule has 1 N–H and O–H groups in total. The van der Waals surface area contributed by atoms with Crippen LogP contribution in [-0.2, 0) is 17.5 Å². The Morgan fingerprint density at radius 1 is 0.972 bits per heavy atom. The first-order valence-corrected chi connectivity index (χ1v) is 12.3. The van der Waals surface area contributed by atoms with Crippen LogP contribution in [0.1, 0.15) is 11.1 Å². The molecule has 0 spiro atoms. The maximum absolute atomic E-state index is 13.7. The van der Waals surface area contributed by atoms with Gasteiger partial charge in [-0.25, -0.2) is 13.8 Å². The predicted octanol–water partition coefficient (Wildman–Crippen LogP) is 4.99. The molecule has 4 rings (SSSR count). The van der Waals surface area contributed by atoms with Crippen molar-refractivity contribution >= 4 is 23.0 Å². The van der Waals surface area contributed by atoms with Crippen molar-refractivity contribution in [1.29, 1.82) is 0 Å². The van der Waals surface area contributed by atoms with Crippen molar-refractivity contribution in [3.05, 3.63) is 65.7 Å². The summed E-state index contributed by atoms with van der Waals surface area (Å²) in [6.45, 7) is 3.30. The molecule has 1 atom stereocenters. The van der Waals surface area contributed by atoms with E-state index in [4.69, 9.17) is 0 Å². The van der Waals surface area contributed by atoms with Crippen molar-refractivity contribution < 1.29 is 26.5 Å². The second-order valence-electron chi connectivity index (χ2n) is 8.29. The van der Waals surface area contributed by atoms with Gasteiger partial charge < -0.3 is 9.45 Å². The molecule has 2 aromatic heterocycles. The summed E-state index contributed by atoms with van der Waals surface area (Å²) in [6, 6.07) is 13.6. The van der Waals surface area contributed by atoms with Crippen LogP contribution in [0.4, 0.5) is 33.6 Å². The van der Waals surface area contributed by atoms with Gasteiger partial charge in [-0.1, -0.05) is 30.3 Å². The van der Waals surface area contributed by atoms with Gasteiger partial charge in [-0.05, 0) is 30.7 Å². The van der Waals surface area contributed by atoms with Crippen LogP contribution < -0.4 is 9.62 Å². The number of hydrogen-bond donors (Lipinski definition) is 1. The lowest BCUT2D eigenvalue weighted by Crippen LogP contribution is -2.48. The van der Waals surface area contributed by atoms with Crippen LogP contribution in [0.25, 0.3) is 11.3 Å². The molecule has 3 heterocycles. The molecule has 0 amide bonds. The fourth-order valence-electron chi connectivity index (χ4n) is 3.97. The fourth-order valence-corrected chi connectivity index (χ4v) is 4.76. The van der Waals surface area contributed by atoms with Crippen LogP contribution in [0.15, 0.2) is 59.6 Å². The number of halogens is 5. The molecule has 0 aliphatic carbocycles. The molecule has 1 fully saturated rings. The minimum absolute atomic E-state index is 0.00685. The van der Waals surface area contributed by atoms with E-state index in [-0.39, 0.29) is 23.1 Å². The van der Waals surface area contributed by atoms with E-state index in [1.54, 1.807) is 48.2 Å². The van der Waals surface area contributed by atoms with Crippen molar-refractivity contribution in [2.75, 3.05) is 42.3 Å². The summed E-state index contributed by atoms with van der Waals surface area (Å²) in [7, 11) is 0. The molecule has 0 radical (unpaired) electrons. The third-order valence-electron chi connectivity index (χ3n) is 5.79. The van der Waals surface area contributed by atoms with Crippen LogP contribution in [0.2, 0.25) is 0 Å². The molecular formula is C24H24F5N5OS. The van der Waals surface area contributed by atoms with Crippen LogP contribution in [0, 0.1) is 6.92 Å². The van der Waals surface area contributed by atoms with Crippen molar-refractivity contribution in [2.24, 2.45) is 0 Å². The van der Waals surface area contributed by atoms with Crippen molar-refractivity contribution in [3.8, 4) is 11.3 Å². The van der Waals surface area contributed by atoms with Crippen LogP contribution in [0.3, 0.4) is 0 Å². The molecular weight excluding hydrogens is 501 g/mol. The summed E-state index contributed by atoms with van der Waals surface area (Å²) >= 11 is -1.90. The highest BCUT2D eigenvalue weighted by molar-refractivity contribution is 7.92. The molecule has 1 unspecified atom stereocenters. The molecule has 6 nitrogen and oxygen atoms in total. The van der Waals surface area contributed by atoms with Gasteiger partial charge in [0.05, 0.1) is 17.8 Å². The van der Waals surface area contributed by atoms with Gasteiger partial charge in [0.2, 0.25) is 0 Å². The molecule has 1 saturated heterocycles. The normalized spacial score (nSPS) is 15.8. The number of nitrogens with zero attached hydrogens (tertiary/aromatic N) is 4. The minimum atomic E-state index is -4.61. The highest BCUT2D eigenvalue weighted by Gasteiger charge is 2.35. The van der Waals surface area contributed by atoms with Gasteiger partial charge in [-0.2, -0.15) is 22.9 Å². The lowest BCUT2D eigenvalue weighted by Gasteiger charge is -2.35. The Balaban J connectivity index is 1.52. The molecule has 12 heteroatoms. The van der Waals surface area contributed by atoms with Gasteiger partial charge in [-0.3, -0.25) is 4.90 Å². The monoisotopic (exact) mass is 525 g/mol. The van der Waals surface area contributed by atoms with Crippen molar-refractivity contribution in [3.63, 3.8) is 0 Å². The molecule has 0 saturated carbocycles. The average molecular weight is 526 g/mol. The van der Waals surface area contributed by atoms with Gasteiger partial charge in [0.1, 0.15) is 17.2 Å². The van der Waals surface area contributed by atoms with Crippen LogP contribution in [-0.4, -0.2) is 58.6 Å². The van der Waals surface area contributed by atoms with E-state index < -0.39 is 29.5 Å². The first-order valence-electron chi connectivity index (χ1n) is 11.2. The summed E-state index contributed by atoms with van der Waals surface area (Å²) in [4.78, 5) is 12.2. The van der Waals surface area contributed by atoms with Gasteiger partial charge in [-0.15, -0.1) is 0 Å². The van der Waals surface area contributed by atoms with Gasteiger partial charge in [0, 0.05) is 37.8 Å².